The fourth-order valence-corrected chi connectivity index (χ4v) is 1.68. The van der Waals surface area contributed by atoms with E-state index in [1.165, 1.54) is 12.3 Å². The Balaban J connectivity index is 2.27. The van der Waals surface area contributed by atoms with Crippen LogP contribution in [0.25, 0.3) is 0 Å². The van der Waals surface area contributed by atoms with Crippen molar-refractivity contribution in [3.63, 3.8) is 0 Å². The van der Waals surface area contributed by atoms with E-state index < -0.39 is 0 Å². The van der Waals surface area contributed by atoms with E-state index in [9.17, 15) is 4.79 Å². The topological polar surface area (TPSA) is 64.2 Å². The van der Waals surface area contributed by atoms with Gasteiger partial charge in [-0.3, -0.25) is 4.79 Å². The third-order valence-corrected chi connectivity index (χ3v) is 2.54. The van der Waals surface area contributed by atoms with E-state index in [4.69, 9.17) is 9.47 Å². The molecule has 1 N–H and O–H groups in total. The maximum atomic E-state index is 11.2. The van der Waals surface area contributed by atoms with Crippen LogP contribution in [0.3, 0.4) is 0 Å². The molecule has 5 heteroatoms. The summed E-state index contributed by atoms with van der Waals surface area (Å²) in [6, 6.07) is 6.99. The zero-order valence-corrected chi connectivity index (χ0v) is 10.3. The summed E-state index contributed by atoms with van der Waals surface area (Å²) < 4.78 is 10.4. The maximum Gasteiger partial charge on any atom is 0.250 e. The molecule has 0 radical (unpaired) electrons. The van der Waals surface area contributed by atoms with E-state index in [-0.39, 0.29) is 5.56 Å². The molecule has 1 aromatic carbocycles. The van der Waals surface area contributed by atoms with Crippen molar-refractivity contribution < 1.29 is 9.47 Å². The number of rotatable bonds is 4. The van der Waals surface area contributed by atoms with Crippen molar-refractivity contribution in [3.05, 3.63) is 52.2 Å². The Morgan fingerprint density at radius 2 is 1.94 bits per heavy atom. The van der Waals surface area contributed by atoms with E-state index in [2.05, 4.69) is 9.97 Å². The van der Waals surface area contributed by atoms with Crippen LogP contribution in [0.1, 0.15) is 11.4 Å². The molecular formula is C13H14N2O3. The van der Waals surface area contributed by atoms with Gasteiger partial charge in [0.15, 0.2) is 11.5 Å². The van der Waals surface area contributed by atoms with Gasteiger partial charge in [-0.25, -0.2) is 4.98 Å². The molecule has 0 atom stereocenters. The zero-order valence-electron chi connectivity index (χ0n) is 10.3. The molecule has 0 aliphatic heterocycles. The van der Waals surface area contributed by atoms with Crippen LogP contribution in [-0.2, 0) is 6.42 Å². The molecule has 18 heavy (non-hydrogen) atoms. The summed E-state index contributed by atoms with van der Waals surface area (Å²) in [5.74, 6) is 1.96. The summed E-state index contributed by atoms with van der Waals surface area (Å²) in [6.45, 7) is 0. The molecule has 1 heterocycles. The Hall–Kier alpha value is -2.30. The van der Waals surface area contributed by atoms with Crippen LogP contribution in [0.4, 0.5) is 0 Å². The van der Waals surface area contributed by atoms with Crippen molar-refractivity contribution >= 4 is 0 Å². The van der Waals surface area contributed by atoms with Crippen molar-refractivity contribution in [2.24, 2.45) is 0 Å². The van der Waals surface area contributed by atoms with Crippen LogP contribution in [0.5, 0.6) is 11.5 Å². The van der Waals surface area contributed by atoms with Crippen molar-refractivity contribution in [1.82, 2.24) is 9.97 Å². The van der Waals surface area contributed by atoms with Crippen molar-refractivity contribution in [2.75, 3.05) is 14.2 Å². The van der Waals surface area contributed by atoms with Gasteiger partial charge in [0.05, 0.1) is 14.2 Å². The fraction of sp³-hybridized carbons (Fsp3) is 0.231. The number of methoxy groups -OCH3 is 2. The Morgan fingerprint density at radius 3 is 2.61 bits per heavy atom. The second-order valence-corrected chi connectivity index (χ2v) is 3.75. The minimum absolute atomic E-state index is 0.152. The van der Waals surface area contributed by atoms with Crippen LogP contribution >= 0.6 is 0 Å². The number of hydrogen-bond acceptors (Lipinski definition) is 4. The van der Waals surface area contributed by atoms with Gasteiger partial charge in [0.1, 0.15) is 5.82 Å². The van der Waals surface area contributed by atoms with Gasteiger partial charge in [0, 0.05) is 18.7 Å². The highest BCUT2D eigenvalue weighted by molar-refractivity contribution is 5.43. The normalized spacial score (nSPS) is 10.1. The van der Waals surface area contributed by atoms with Gasteiger partial charge in [-0.05, 0) is 17.7 Å². The predicted molar refractivity (Wildman–Crippen MR) is 67.2 cm³/mol. The molecule has 0 aliphatic carbocycles. The Kier molecular flexibility index (Phi) is 3.62. The van der Waals surface area contributed by atoms with E-state index >= 15 is 0 Å². The summed E-state index contributed by atoms with van der Waals surface area (Å²) >= 11 is 0. The SMILES string of the molecule is COc1ccc(Cc2nccc(=O)[nH]2)cc1OC. The molecule has 0 bridgehead atoms. The van der Waals surface area contributed by atoms with Gasteiger partial charge in [-0.15, -0.1) is 0 Å². The second-order valence-electron chi connectivity index (χ2n) is 3.75. The third kappa shape index (κ3) is 2.68. The highest BCUT2D eigenvalue weighted by Crippen LogP contribution is 2.27. The number of benzene rings is 1. The fourth-order valence-electron chi connectivity index (χ4n) is 1.68. The number of nitrogens with one attached hydrogen (secondary N) is 1. The van der Waals surface area contributed by atoms with E-state index in [1.54, 1.807) is 14.2 Å². The maximum absolute atomic E-state index is 11.2. The monoisotopic (exact) mass is 246 g/mol. The molecule has 1 aromatic heterocycles. The largest absolute Gasteiger partial charge is 0.493 e. The first-order valence-electron chi connectivity index (χ1n) is 5.48. The Morgan fingerprint density at radius 1 is 1.17 bits per heavy atom. The van der Waals surface area contributed by atoms with E-state index in [1.807, 2.05) is 18.2 Å². The van der Waals surface area contributed by atoms with Crippen molar-refractivity contribution in [3.8, 4) is 11.5 Å². The lowest BCUT2D eigenvalue weighted by atomic mass is 10.1. The zero-order chi connectivity index (χ0) is 13.0. The molecule has 2 rings (SSSR count). The first-order valence-corrected chi connectivity index (χ1v) is 5.48. The third-order valence-electron chi connectivity index (χ3n) is 2.54. The first kappa shape index (κ1) is 12.2. The van der Waals surface area contributed by atoms with Gasteiger partial charge in [0.2, 0.25) is 0 Å². The number of ether oxygens (including phenoxy) is 2. The summed E-state index contributed by atoms with van der Waals surface area (Å²) in [5.41, 5.74) is 0.836. The Labute approximate surface area is 104 Å². The summed E-state index contributed by atoms with van der Waals surface area (Å²) in [6.07, 6.45) is 2.03. The van der Waals surface area contributed by atoms with E-state index in [0.29, 0.717) is 23.7 Å². The van der Waals surface area contributed by atoms with Crippen LogP contribution in [-0.4, -0.2) is 24.2 Å². The molecule has 0 fully saturated rings. The summed E-state index contributed by atoms with van der Waals surface area (Å²) in [4.78, 5) is 18.0. The standard InChI is InChI=1S/C13H14N2O3/c1-17-10-4-3-9(7-11(10)18-2)8-12-14-6-5-13(16)15-12/h3-7H,8H2,1-2H3,(H,14,15,16). The molecule has 0 aliphatic rings. The predicted octanol–water partition coefficient (Wildman–Crippen LogP) is 1.38. The average molecular weight is 246 g/mol. The minimum atomic E-state index is -0.152. The number of aromatic nitrogens is 2. The highest BCUT2D eigenvalue weighted by Gasteiger charge is 2.05. The number of nitrogens with zero attached hydrogens (tertiary/aromatic N) is 1. The van der Waals surface area contributed by atoms with Crippen molar-refractivity contribution in [2.45, 2.75) is 6.42 Å². The number of hydrogen-bond donors (Lipinski definition) is 1. The van der Waals surface area contributed by atoms with Crippen LogP contribution in [0.15, 0.2) is 35.3 Å². The number of H-pyrrole nitrogens is 1. The highest BCUT2D eigenvalue weighted by atomic mass is 16.5. The van der Waals surface area contributed by atoms with Gasteiger partial charge >= 0.3 is 0 Å². The lowest BCUT2D eigenvalue weighted by molar-refractivity contribution is 0.354. The van der Waals surface area contributed by atoms with Crippen molar-refractivity contribution in [1.29, 1.82) is 0 Å². The second kappa shape index (κ2) is 5.35. The number of aromatic amines is 1. The van der Waals surface area contributed by atoms with E-state index in [0.717, 1.165) is 5.56 Å². The first-order chi connectivity index (χ1) is 8.72. The molecular weight excluding hydrogens is 232 g/mol. The molecule has 0 saturated carbocycles. The molecule has 0 amide bonds. The Bertz CT molecular complexity index is 593. The lowest BCUT2D eigenvalue weighted by Gasteiger charge is -2.09. The molecule has 5 nitrogen and oxygen atoms in total. The van der Waals surface area contributed by atoms with Gasteiger partial charge < -0.3 is 14.5 Å². The van der Waals surface area contributed by atoms with Gasteiger partial charge in [0.25, 0.3) is 5.56 Å². The molecule has 94 valence electrons. The average Bonchev–Trinajstić information content (AvgIpc) is 2.38. The molecule has 0 spiro atoms. The minimum Gasteiger partial charge on any atom is -0.493 e. The molecule has 0 saturated heterocycles. The van der Waals surface area contributed by atoms with Crippen LogP contribution in [0, 0.1) is 0 Å². The smallest absolute Gasteiger partial charge is 0.250 e. The van der Waals surface area contributed by atoms with Gasteiger partial charge in [-0.2, -0.15) is 0 Å². The summed E-state index contributed by atoms with van der Waals surface area (Å²) in [5, 5.41) is 0. The quantitative estimate of drug-likeness (QED) is 0.885. The lowest BCUT2D eigenvalue weighted by Crippen LogP contribution is -2.09. The van der Waals surface area contributed by atoms with Crippen LogP contribution in [0.2, 0.25) is 0 Å². The van der Waals surface area contributed by atoms with Gasteiger partial charge in [-0.1, -0.05) is 6.07 Å². The molecule has 0 unspecified atom stereocenters. The van der Waals surface area contributed by atoms with Crippen LogP contribution < -0.4 is 15.0 Å². The molecule has 2 aromatic rings. The summed E-state index contributed by atoms with van der Waals surface area (Å²) in [7, 11) is 3.18.